The molecule has 3 aromatic rings. The Morgan fingerprint density at radius 2 is 1.38 bits per heavy atom. The lowest BCUT2D eigenvalue weighted by Gasteiger charge is -2.26. The number of aryl methyl sites for hydroxylation is 1. The van der Waals surface area contributed by atoms with Crippen LogP contribution in [0.5, 0.6) is 11.5 Å². The summed E-state index contributed by atoms with van der Waals surface area (Å²) in [7, 11) is 0.893. The molecule has 0 aromatic heterocycles. The average molecular weight is 557 g/mol. The van der Waals surface area contributed by atoms with Crippen LogP contribution < -0.4 is 19.1 Å². The SMILES string of the molecule is COC(=O)c1cc(NC(=O)CN(c2ccc(OC)cc2OC)S(=O)(=O)c2ccc(C)cc2)cc(C(=O)OC)c1. The largest absolute Gasteiger partial charge is 0.497 e. The van der Waals surface area contributed by atoms with Crippen molar-refractivity contribution in [1.82, 2.24) is 0 Å². The van der Waals surface area contributed by atoms with E-state index in [4.69, 9.17) is 18.9 Å². The predicted molar refractivity (Wildman–Crippen MR) is 143 cm³/mol. The van der Waals surface area contributed by atoms with E-state index in [1.165, 1.54) is 77.0 Å². The number of benzene rings is 3. The van der Waals surface area contributed by atoms with Crippen molar-refractivity contribution in [3.05, 3.63) is 77.4 Å². The molecule has 12 heteroatoms. The summed E-state index contributed by atoms with van der Waals surface area (Å²) >= 11 is 0. The average Bonchev–Trinajstić information content (AvgIpc) is 2.94. The van der Waals surface area contributed by atoms with Gasteiger partial charge >= 0.3 is 11.9 Å². The predicted octanol–water partition coefficient (Wildman–Crippen LogP) is 3.42. The molecule has 0 aliphatic carbocycles. The number of esters is 2. The van der Waals surface area contributed by atoms with Gasteiger partial charge in [0.25, 0.3) is 10.0 Å². The van der Waals surface area contributed by atoms with Crippen LogP contribution in [0.3, 0.4) is 0 Å². The van der Waals surface area contributed by atoms with Gasteiger partial charge in [-0.15, -0.1) is 0 Å². The number of amides is 1. The number of rotatable bonds is 10. The van der Waals surface area contributed by atoms with Crippen LogP contribution >= 0.6 is 0 Å². The summed E-state index contributed by atoms with van der Waals surface area (Å²) in [5, 5.41) is 2.55. The number of nitrogens with zero attached hydrogens (tertiary/aromatic N) is 1. The molecular formula is C27H28N2O9S. The summed E-state index contributed by atoms with van der Waals surface area (Å²) in [6.07, 6.45) is 0. The van der Waals surface area contributed by atoms with E-state index >= 15 is 0 Å². The first kappa shape index (κ1) is 29.0. The number of carbonyl (C=O) groups excluding carboxylic acids is 3. The van der Waals surface area contributed by atoms with Gasteiger partial charge in [0.1, 0.15) is 18.0 Å². The lowest BCUT2D eigenvalue weighted by Crippen LogP contribution is -2.38. The summed E-state index contributed by atoms with van der Waals surface area (Å²) in [6.45, 7) is 1.15. The molecule has 0 heterocycles. The van der Waals surface area contributed by atoms with Crippen LogP contribution in [-0.2, 0) is 24.3 Å². The van der Waals surface area contributed by atoms with Gasteiger partial charge in [-0.1, -0.05) is 17.7 Å². The molecule has 0 saturated heterocycles. The van der Waals surface area contributed by atoms with Gasteiger partial charge in [0.05, 0.1) is 50.1 Å². The number of methoxy groups -OCH3 is 4. The molecule has 0 bridgehead atoms. The zero-order valence-electron chi connectivity index (χ0n) is 22.0. The molecule has 39 heavy (non-hydrogen) atoms. The first-order valence-corrected chi connectivity index (χ1v) is 12.9. The molecule has 1 amide bonds. The van der Waals surface area contributed by atoms with Crippen molar-refractivity contribution in [3.8, 4) is 11.5 Å². The molecule has 206 valence electrons. The Hall–Kier alpha value is -4.58. The van der Waals surface area contributed by atoms with E-state index in [2.05, 4.69) is 5.32 Å². The van der Waals surface area contributed by atoms with E-state index in [1.807, 2.05) is 6.92 Å². The highest BCUT2D eigenvalue weighted by molar-refractivity contribution is 7.92. The molecular weight excluding hydrogens is 528 g/mol. The lowest BCUT2D eigenvalue weighted by molar-refractivity contribution is -0.114. The summed E-state index contributed by atoms with van der Waals surface area (Å²) in [5.74, 6) is -1.69. The number of hydrogen-bond acceptors (Lipinski definition) is 9. The van der Waals surface area contributed by atoms with E-state index in [0.29, 0.717) is 5.75 Å². The summed E-state index contributed by atoms with van der Waals surface area (Å²) < 4.78 is 48.5. The second-order valence-corrected chi connectivity index (χ2v) is 10.1. The van der Waals surface area contributed by atoms with Gasteiger partial charge in [0, 0.05) is 11.8 Å². The normalized spacial score (nSPS) is 10.8. The Morgan fingerprint density at radius 3 is 1.90 bits per heavy atom. The fourth-order valence-corrected chi connectivity index (χ4v) is 5.06. The van der Waals surface area contributed by atoms with Crippen molar-refractivity contribution < 1.29 is 41.7 Å². The molecule has 0 spiro atoms. The number of hydrogen-bond donors (Lipinski definition) is 1. The smallest absolute Gasteiger partial charge is 0.337 e. The maximum Gasteiger partial charge on any atom is 0.337 e. The number of ether oxygens (including phenoxy) is 4. The zero-order chi connectivity index (χ0) is 28.7. The third-order valence-corrected chi connectivity index (χ3v) is 7.38. The van der Waals surface area contributed by atoms with Gasteiger partial charge in [0.2, 0.25) is 5.91 Å². The monoisotopic (exact) mass is 556 g/mol. The number of carbonyl (C=O) groups is 3. The molecule has 0 aliphatic heterocycles. The minimum absolute atomic E-state index is 0.0170. The second kappa shape index (κ2) is 12.3. The van der Waals surface area contributed by atoms with E-state index in [-0.39, 0.29) is 33.1 Å². The van der Waals surface area contributed by atoms with Crippen LogP contribution in [-0.4, -0.2) is 61.2 Å². The van der Waals surface area contributed by atoms with E-state index in [0.717, 1.165) is 9.87 Å². The maximum atomic E-state index is 13.8. The van der Waals surface area contributed by atoms with E-state index in [1.54, 1.807) is 12.1 Å². The maximum absolute atomic E-state index is 13.8. The first-order valence-electron chi connectivity index (χ1n) is 11.5. The van der Waals surface area contributed by atoms with Crippen molar-refractivity contribution in [2.24, 2.45) is 0 Å². The van der Waals surface area contributed by atoms with Crippen LogP contribution in [0.15, 0.2) is 65.6 Å². The molecule has 1 N–H and O–H groups in total. The number of anilines is 2. The summed E-state index contributed by atoms with van der Waals surface area (Å²) in [6, 6.07) is 14.5. The molecule has 0 radical (unpaired) electrons. The Bertz CT molecular complexity index is 1450. The minimum Gasteiger partial charge on any atom is -0.497 e. The van der Waals surface area contributed by atoms with Crippen LogP contribution in [0.25, 0.3) is 0 Å². The molecule has 3 rings (SSSR count). The standard InChI is InChI=1S/C27H28N2O9S/c1-17-6-9-22(10-7-17)39(33,34)29(23-11-8-21(35-2)15-24(23)36-3)16-25(30)28-20-13-18(26(31)37-4)12-19(14-20)27(32)38-5/h6-15H,16H2,1-5H3,(H,28,30). The van der Waals surface area contributed by atoms with Crippen LogP contribution in [0, 0.1) is 6.92 Å². The third-order valence-electron chi connectivity index (χ3n) is 5.61. The topological polar surface area (TPSA) is 138 Å². The molecule has 0 fully saturated rings. The van der Waals surface area contributed by atoms with Gasteiger partial charge in [-0.25, -0.2) is 18.0 Å². The summed E-state index contributed by atoms with van der Waals surface area (Å²) in [5.41, 5.74) is 0.964. The Labute approximate surface area is 226 Å². The van der Waals surface area contributed by atoms with Crippen LogP contribution in [0.2, 0.25) is 0 Å². The molecule has 0 aliphatic rings. The first-order chi connectivity index (χ1) is 18.5. The molecule has 0 saturated carbocycles. The highest BCUT2D eigenvalue weighted by Crippen LogP contribution is 2.35. The van der Waals surface area contributed by atoms with Gasteiger partial charge in [-0.2, -0.15) is 0 Å². The van der Waals surface area contributed by atoms with Crippen molar-refractivity contribution in [2.45, 2.75) is 11.8 Å². The fraction of sp³-hybridized carbons (Fsp3) is 0.222. The second-order valence-electron chi connectivity index (χ2n) is 8.19. The van der Waals surface area contributed by atoms with Crippen molar-refractivity contribution >= 4 is 39.2 Å². The Kier molecular flexibility index (Phi) is 9.15. The van der Waals surface area contributed by atoms with Crippen LogP contribution in [0.1, 0.15) is 26.3 Å². The number of nitrogens with one attached hydrogen (secondary N) is 1. The molecule has 0 unspecified atom stereocenters. The van der Waals surface area contributed by atoms with Crippen molar-refractivity contribution in [1.29, 1.82) is 0 Å². The Balaban J connectivity index is 2.05. The van der Waals surface area contributed by atoms with Crippen molar-refractivity contribution in [3.63, 3.8) is 0 Å². The molecule has 3 aromatic carbocycles. The highest BCUT2D eigenvalue weighted by Gasteiger charge is 2.30. The number of sulfonamides is 1. The van der Waals surface area contributed by atoms with Gasteiger partial charge in [-0.05, 0) is 49.4 Å². The van der Waals surface area contributed by atoms with Gasteiger partial charge in [0.15, 0.2) is 0 Å². The van der Waals surface area contributed by atoms with Gasteiger partial charge in [-0.3, -0.25) is 9.10 Å². The van der Waals surface area contributed by atoms with E-state index in [9.17, 15) is 22.8 Å². The zero-order valence-corrected chi connectivity index (χ0v) is 22.8. The fourth-order valence-electron chi connectivity index (χ4n) is 3.63. The van der Waals surface area contributed by atoms with Crippen LogP contribution in [0.4, 0.5) is 11.4 Å². The van der Waals surface area contributed by atoms with E-state index < -0.39 is 34.4 Å². The third kappa shape index (κ3) is 6.65. The molecule has 0 atom stereocenters. The lowest BCUT2D eigenvalue weighted by atomic mass is 10.1. The minimum atomic E-state index is -4.26. The van der Waals surface area contributed by atoms with Gasteiger partial charge < -0.3 is 24.3 Å². The van der Waals surface area contributed by atoms with Crippen molar-refractivity contribution in [2.75, 3.05) is 44.6 Å². The summed E-state index contributed by atoms with van der Waals surface area (Å²) in [4.78, 5) is 37.4. The quantitative estimate of drug-likeness (QED) is 0.372. The Morgan fingerprint density at radius 1 is 0.795 bits per heavy atom. The highest BCUT2D eigenvalue weighted by atomic mass is 32.2. The molecule has 11 nitrogen and oxygen atoms in total.